The molecule has 0 radical (unpaired) electrons. The van der Waals surface area contributed by atoms with Crippen LogP contribution in [0.1, 0.15) is 54.8 Å². The molecular formula is C30H39ClN2O6S. The Labute approximate surface area is 243 Å². The molecule has 0 saturated heterocycles. The molecule has 0 saturated carbocycles. The van der Waals surface area contributed by atoms with Gasteiger partial charge in [0.05, 0.1) is 23.5 Å². The zero-order valence-corrected chi connectivity index (χ0v) is 24.7. The summed E-state index contributed by atoms with van der Waals surface area (Å²) in [5.74, 6) is -0.830. The molecule has 218 valence electrons. The highest BCUT2D eigenvalue weighted by Crippen LogP contribution is 2.29. The highest BCUT2D eigenvalue weighted by atomic mass is 35.5. The lowest BCUT2D eigenvalue weighted by molar-refractivity contribution is 0.0975. The van der Waals surface area contributed by atoms with Crippen LogP contribution in [0, 0.1) is 0 Å². The molecule has 0 spiro atoms. The largest absolute Gasteiger partial charge is 0.490 e. The molecule has 0 aromatic heterocycles. The number of carbonyl (C=O) groups excluding carboxylic acids is 1. The van der Waals surface area contributed by atoms with Gasteiger partial charge in [0.25, 0.3) is 5.91 Å². The summed E-state index contributed by atoms with van der Waals surface area (Å²) in [6.07, 6.45) is 0.0204. The Bertz CT molecular complexity index is 1320. The molecule has 0 aliphatic heterocycles. The molecule has 10 heteroatoms. The number of aliphatic hydroxyl groups is 2. The van der Waals surface area contributed by atoms with Crippen LogP contribution in [0.15, 0.2) is 72.8 Å². The Hall–Kier alpha value is -2.95. The van der Waals surface area contributed by atoms with Crippen LogP contribution in [-0.4, -0.2) is 55.6 Å². The van der Waals surface area contributed by atoms with Crippen molar-refractivity contribution in [1.82, 2.24) is 10.0 Å². The summed E-state index contributed by atoms with van der Waals surface area (Å²) < 4.78 is 32.2. The minimum Gasteiger partial charge on any atom is -0.490 e. The van der Waals surface area contributed by atoms with Gasteiger partial charge in [-0.1, -0.05) is 60.7 Å². The van der Waals surface area contributed by atoms with Gasteiger partial charge in [0.2, 0.25) is 10.0 Å². The molecule has 40 heavy (non-hydrogen) atoms. The van der Waals surface area contributed by atoms with Gasteiger partial charge in [-0.25, -0.2) is 13.1 Å². The number of rotatable bonds is 14. The standard InChI is InChI=1S/C30H38N2O6S.ClH/c1-21(2)38-28-20-26(14-15-27(28)30(35)32-39(36,37)19-7-18-33)24-12-10-23(11-13-24)16-17-31-22(3)29(34)25-8-5-4-6-9-25;/h4-6,8-15,20-22,29,31,33-34H,7,16-19H2,1-3H3,(H,32,35);1H/t22-,29-;/m0./s1. The molecule has 4 N–H and O–H groups in total. The van der Waals surface area contributed by atoms with E-state index in [1.54, 1.807) is 18.2 Å². The van der Waals surface area contributed by atoms with Crippen LogP contribution in [0.5, 0.6) is 5.75 Å². The minimum absolute atomic E-state index is 0. The summed E-state index contributed by atoms with van der Waals surface area (Å²) in [5, 5.41) is 22.8. The Morgan fingerprint density at radius 2 is 1.60 bits per heavy atom. The number of nitrogens with one attached hydrogen (secondary N) is 2. The summed E-state index contributed by atoms with van der Waals surface area (Å²) in [6, 6.07) is 22.6. The first kappa shape index (κ1) is 33.3. The molecule has 1 amide bonds. The van der Waals surface area contributed by atoms with Crippen molar-refractivity contribution in [3.63, 3.8) is 0 Å². The summed E-state index contributed by atoms with van der Waals surface area (Å²) in [5.41, 5.74) is 3.89. The van der Waals surface area contributed by atoms with E-state index in [0.29, 0.717) is 6.54 Å². The average Bonchev–Trinajstić information content (AvgIpc) is 2.91. The predicted octanol–water partition coefficient (Wildman–Crippen LogP) is 4.26. The van der Waals surface area contributed by atoms with Crippen LogP contribution in [0.3, 0.4) is 0 Å². The second-order valence-corrected chi connectivity index (χ2v) is 11.6. The van der Waals surface area contributed by atoms with E-state index in [1.165, 1.54) is 0 Å². The third-order valence-corrected chi connectivity index (χ3v) is 7.51. The summed E-state index contributed by atoms with van der Waals surface area (Å²) in [6.45, 7) is 6.05. The summed E-state index contributed by atoms with van der Waals surface area (Å²) in [7, 11) is -3.87. The number of carbonyl (C=O) groups is 1. The maximum Gasteiger partial charge on any atom is 0.268 e. The van der Waals surface area contributed by atoms with E-state index in [2.05, 4.69) is 10.0 Å². The van der Waals surface area contributed by atoms with Crippen molar-refractivity contribution in [3.05, 3.63) is 89.5 Å². The zero-order chi connectivity index (χ0) is 28.4. The maximum atomic E-state index is 12.7. The topological polar surface area (TPSA) is 125 Å². The van der Waals surface area contributed by atoms with E-state index >= 15 is 0 Å². The molecule has 3 rings (SSSR count). The average molecular weight is 591 g/mol. The first-order valence-corrected chi connectivity index (χ1v) is 14.8. The molecule has 0 aliphatic rings. The molecule has 0 heterocycles. The van der Waals surface area contributed by atoms with Crippen molar-refractivity contribution in [3.8, 4) is 16.9 Å². The van der Waals surface area contributed by atoms with E-state index in [1.807, 2.05) is 75.4 Å². The Morgan fingerprint density at radius 1 is 0.950 bits per heavy atom. The van der Waals surface area contributed by atoms with Crippen LogP contribution >= 0.6 is 12.4 Å². The van der Waals surface area contributed by atoms with Crippen LogP contribution in [0.25, 0.3) is 11.1 Å². The third-order valence-electron chi connectivity index (χ3n) is 6.19. The van der Waals surface area contributed by atoms with Gasteiger partial charge in [0.15, 0.2) is 0 Å². The quantitative estimate of drug-likeness (QED) is 0.221. The van der Waals surface area contributed by atoms with Crippen LogP contribution < -0.4 is 14.8 Å². The normalized spacial score (nSPS) is 12.8. The van der Waals surface area contributed by atoms with Gasteiger partial charge in [-0.3, -0.25) is 4.79 Å². The fourth-order valence-electron chi connectivity index (χ4n) is 4.10. The fraction of sp³-hybridized carbons (Fsp3) is 0.367. The van der Waals surface area contributed by atoms with E-state index in [4.69, 9.17) is 9.84 Å². The van der Waals surface area contributed by atoms with Crippen LogP contribution in [0.4, 0.5) is 0 Å². The SMILES string of the molecule is CC(C)Oc1cc(-c2ccc(CCN[C@@H](C)[C@H](O)c3ccccc3)cc2)ccc1C(=O)NS(=O)(=O)CCCO.Cl. The van der Waals surface area contributed by atoms with Crippen molar-refractivity contribution in [2.75, 3.05) is 18.9 Å². The van der Waals surface area contributed by atoms with Crippen molar-refractivity contribution in [1.29, 1.82) is 0 Å². The van der Waals surface area contributed by atoms with Crippen molar-refractivity contribution >= 4 is 28.3 Å². The number of ether oxygens (including phenoxy) is 1. The predicted molar refractivity (Wildman–Crippen MR) is 160 cm³/mol. The van der Waals surface area contributed by atoms with Crippen molar-refractivity contribution in [2.24, 2.45) is 0 Å². The van der Waals surface area contributed by atoms with Gasteiger partial charge in [0.1, 0.15) is 5.75 Å². The Morgan fingerprint density at radius 3 is 2.23 bits per heavy atom. The second kappa shape index (κ2) is 15.7. The van der Waals surface area contributed by atoms with Gasteiger partial charge in [-0.2, -0.15) is 0 Å². The van der Waals surface area contributed by atoms with E-state index in [9.17, 15) is 18.3 Å². The molecule has 0 aliphatic carbocycles. The van der Waals surface area contributed by atoms with E-state index in [-0.39, 0.29) is 54.6 Å². The molecule has 0 bridgehead atoms. The van der Waals surface area contributed by atoms with Gasteiger partial charge in [-0.05, 0) is 74.5 Å². The molecule has 0 fully saturated rings. The number of hydrogen-bond donors (Lipinski definition) is 4. The number of hydrogen-bond acceptors (Lipinski definition) is 7. The molecule has 8 nitrogen and oxygen atoms in total. The lowest BCUT2D eigenvalue weighted by Gasteiger charge is -2.20. The van der Waals surface area contributed by atoms with Gasteiger partial charge < -0.3 is 20.3 Å². The highest BCUT2D eigenvalue weighted by Gasteiger charge is 2.20. The fourth-order valence-corrected chi connectivity index (χ4v) is 5.10. The molecule has 2 atom stereocenters. The highest BCUT2D eigenvalue weighted by molar-refractivity contribution is 7.90. The first-order chi connectivity index (χ1) is 18.6. The zero-order valence-electron chi connectivity index (χ0n) is 23.0. The number of sulfonamides is 1. The number of halogens is 1. The van der Waals surface area contributed by atoms with Crippen LogP contribution in [-0.2, 0) is 16.4 Å². The first-order valence-electron chi connectivity index (χ1n) is 13.1. The third kappa shape index (κ3) is 9.91. The van der Waals surface area contributed by atoms with Gasteiger partial charge in [0, 0.05) is 12.6 Å². The second-order valence-electron chi connectivity index (χ2n) is 9.75. The molecular weight excluding hydrogens is 552 g/mol. The maximum absolute atomic E-state index is 12.7. The summed E-state index contributed by atoms with van der Waals surface area (Å²) >= 11 is 0. The number of amides is 1. The molecule has 3 aromatic rings. The molecule has 3 aromatic carbocycles. The van der Waals surface area contributed by atoms with Crippen molar-refractivity contribution in [2.45, 2.75) is 51.9 Å². The number of aliphatic hydroxyl groups excluding tert-OH is 2. The lowest BCUT2D eigenvalue weighted by Crippen LogP contribution is -2.33. The Balaban J connectivity index is 0.00000560. The lowest BCUT2D eigenvalue weighted by atomic mass is 10.0. The Kier molecular flexibility index (Phi) is 13.1. The number of benzene rings is 3. The van der Waals surface area contributed by atoms with Gasteiger partial charge in [-0.15, -0.1) is 12.4 Å². The van der Waals surface area contributed by atoms with Crippen molar-refractivity contribution < 1.29 is 28.2 Å². The monoisotopic (exact) mass is 590 g/mol. The summed E-state index contributed by atoms with van der Waals surface area (Å²) in [4.78, 5) is 12.7. The van der Waals surface area contributed by atoms with Gasteiger partial charge >= 0.3 is 0 Å². The smallest absolute Gasteiger partial charge is 0.268 e. The molecule has 0 unspecified atom stereocenters. The minimum atomic E-state index is -3.87. The van der Waals surface area contributed by atoms with E-state index in [0.717, 1.165) is 28.7 Å². The van der Waals surface area contributed by atoms with Crippen LogP contribution in [0.2, 0.25) is 0 Å². The van der Waals surface area contributed by atoms with E-state index < -0.39 is 22.0 Å².